The number of furan rings is 1. The van der Waals surface area contributed by atoms with Crippen LogP contribution in [0.25, 0.3) is 11.0 Å². The van der Waals surface area contributed by atoms with Crippen molar-refractivity contribution in [3.8, 4) is 0 Å². The van der Waals surface area contributed by atoms with Crippen LogP contribution in [0.5, 0.6) is 0 Å². The summed E-state index contributed by atoms with van der Waals surface area (Å²) in [5, 5.41) is 12.1. The molecule has 144 valence electrons. The topological polar surface area (TPSA) is 103 Å². The molecule has 1 aromatic heterocycles. The Bertz CT molecular complexity index is 1040. The molecule has 0 fully saturated rings. The van der Waals surface area contributed by atoms with Crippen molar-refractivity contribution in [2.24, 2.45) is 0 Å². The van der Waals surface area contributed by atoms with Gasteiger partial charge < -0.3 is 14.1 Å². The molecule has 0 saturated carbocycles. The summed E-state index contributed by atoms with van der Waals surface area (Å²) in [7, 11) is 2.73. The molecule has 0 radical (unpaired) electrons. The molecule has 0 aliphatic heterocycles. The molecule has 0 aliphatic rings. The number of benzene rings is 2. The van der Waals surface area contributed by atoms with E-state index in [1.54, 1.807) is 14.0 Å². The zero-order valence-electron chi connectivity index (χ0n) is 15.5. The minimum Gasteiger partial charge on any atom is -0.465 e. The molecule has 3 aromatic rings. The molecular weight excluding hydrogens is 364 g/mol. The number of para-hydroxylation sites is 1. The Morgan fingerprint density at radius 1 is 1.14 bits per heavy atom. The van der Waals surface area contributed by atoms with E-state index in [0.717, 1.165) is 17.5 Å². The summed E-state index contributed by atoms with van der Waals surface area (Å²) in [5.74, 6) is -0.664. The first-order chi connectivity index (χ1) is 13.3. The van der Waals surface area contributed by atoms with E-state index in [0.29, 0.717) is 11.3 Å². The highest BCUT2D eigenvalue weighted by atomic mass is 16.6. The van der Waals surface area contributed by atoms with Gasteiger partial charge >= 0.3 is 5.97 Å². The van der Waals surface area contributed by atoms with E-state index in [1.165, 1.54) is 18.1 Å². The summed E-state index contributed by atoms with van der Waals surface area (Å²) in [4.78, 5) is 36.6. The van der Waals surface area contributed by atoms with Crippen molar-refractivity contribution in [1.29, 1.82) is 0 Å². The lowest BCUT2D eigenvalue weighted by molar-refractivity contribution is -0.384. The van der Waals surface area contributed by atoms with Crippen molar-refractivity contribution in [3.05, 3.63) is 75.5 Å². The van der Waals surface area contributed by atoms with Gasteiger partial charge in [0.15, 0.2) is 0 Å². The predicted molar refractivity (Wildman–Crippen MR) is 101 cm³/mol. The number of hydrogen-bond acceptors (Lipinski definition) is 6. The molecule has 0 saturated heterocycles. The number of ether oxygens (including phenoxy) is 1. The summed E-state index contributed by atoms with van der Waals surface area (Å²) < 4.78 is 10.4. The molecule has 0 bridgehead atoms. The molecule has 0 N–H and O–H groups in total. The quantitative estimate of drug-likeness (QED) is 0.376. The maximum atomic E-state index is 12.9. The number of amides is 1. The van der Waals surface area contributed by atoms with Crippen LogP contribution in [0.15, 0.2) is 52.9 Å². The van der Waals surface area contributed by atoms with E-state index >= 15 is 0 Å². The van der Waals surface area contributed by atoms with E-state index in [9.17, 15) is 19.7 Å². The molecule has 8 heteroatoms. The second kappa shape index (κ2) is 7.51. The molecule has 0 spiro atoms. The van der Waals surface area contributed by atoms with Crippen LogP contribution in [0.4, 0.5) is 5.69 Å². The molecule has 1 amide bonds. The number of carbonyl (C=O) groups is 2. The first kappa shape index (κ1) is 19.1. The van der Waals surface area contributed by atoms with Crippen LogP contribution in [0, 0.1) is 10.1 Å². The number of fused-ring (bicyclic) bond motifs is 1. The lowest BCUT2D eigenvalue weighted by Crippen LogP contribution is -2.29. The molecule has 8 nitrogen and oxygen atoms in total. The minimum atomic E-state index is -0.759. The van der Waals surface area contributed by atoms with Crippen LogP contribution in [-0.4, -0.2) is 35.9 Å². The van der Waals surface area contributed by atoms with Crippen molar-refractivity contribution < 1.29 is 23.7 Å². The highest BCUT2D eigenvalue weighted by molar-refractivity contribution is 5.99. The molecular formula is C20H18N2O6. The molecule has 0 aliphatic carbocycles. The Labute approximate surface area is 160 Å². The highest BCUT2D eigenvalue weighted by Gasteiger charge is 2.25. The SMILES string of the molecule is COC(=O)c1cc(C(=O)N(C)[C@H](C)c2cc3ccccc3o2)cc([N+](=O)[O-])c1. The number of nitrogens with zero attached hydrogens (tertiary/aromatic N) is 2. The van der Waals surface area contributed by atoms with E-state index in [1.807, 2.05) is 30.3 Å². The Balaban J connectivity index is 1.94. The summed E-state index contributed by atoms with van der Waals surface area (Å²) in [6.45, 7) is 1.79. The Kier molecular flexibility index (Phi) is 5.12. The average Bonchev–Trinajstić information content (AvgIpc) is 3.15. The summed E-state index contributed by atoms with van der Waals surface area (Å²) in [6.07, 6.45) is 0. The van der Waals surface area contributed by atoms with Gasteiger partial charge in [0, 0.05) is 30.1 Å². The number of nitro groups is 1. The number of rotatable bonds is 5. The molecule has 28 heavy (non-hydrogen) atoms. The normalized spacial score (nSPS) is 11.8. The van der Waals surface area contributed by atoms with Gasteiger partial charge in [-0.25, -0.2) is 4.79 Å². The molecule has 3 rings (SSSR count). The standard InChI is InChI=1S/C20H18N2O6/c1-12(18-11-13-6-4-5-7-17(13)28-18)21(2)19(23)14-8-15(20(24)27-3)10-16(9-14)22(25)26/h4-12H,1-3H3/t12-/m1/s1. The Hall–Kier alpha value is -3.68. The van der Waals surface area contributed by atoms with Crippen LogP contribution in [0.1, 0.15) is 39.4 Å². The first-order valence-electron chi connectivity index (χ1n) is 8.45. The second-order valence-electron chi connectivity index (χ2n) is 6.30. The zero-order chi connectivity index (χ0) is 20.4. The van der Waals surface area contributed by atoms with Crippen LogP contribution in [-0.2, 0) is 4.74 Å². The van der Waals surface area contributed by atoms with E-state index < -0.39 is 22.8 Å². The van der Waals surface area contributed by atoms with Gasteiger partial charge in [-0.05, 0) is 25.1 Å². The van der Waals surface area contributed by atoms with Crippen LogP contribution in [0.3, 0.4) is 0 Å². The summed E-state index contributed by atoms with van der Waals surface area (Å²) in [6, 6.07) is 12.4. The van der Waals surface area contributed by atoms with Gasteiger partial charge in [-0.3, -0.25) is 14.9 Å². The van der Waals surface area contributed by atoms with Crippen molar-refractivity contribution in [2.75, 3.05) is 14.2 Å². The van der Waals surface area contributed by atoms with Gasteiger partial charge in [-0.2, -0.15) is 0 Å². The lowest BCUT2D eigenvalue weighted by atomic mass is 10.1. The van der Waals surface area contributed by atoms with E-state index in [4.69, 9.17) is 4.42 Å². The average molecular weight is 382 g/mol. The van der Waals surface area contributed by atoms with Crippen LogP contribution in [0.2, 0.25) is 0 Å². The third-order valence-corrected chi connectivity index (χ3v) is 4.55. The Morgan fingerprint density at radius 2 is 1.82 bits per heavy atom. The zero-order valence-corrected chi connectivity index (χ0v) is 15.5. The largest absolute Gasteiger partial charge is 0.465 e. The van der Waals surface area contributed by atoms with E-state index in [2.05, 4.69) is 4.74 Å². The van der Waals surface area contributed by atoms with Crippen molar-refractivity contribution in [1.82, 2.24) is 4.90 Å². The van der Waals surface area contributed by atoms with Gasteiger partial charge in [0.05, 0.1) is 23.6 Å². The number of hydrogen-bond donors (Lipinski definition) is 0. The molecule has 1 atom stereocenters. The van der Waals surface area contributed by atoms with Gasteiger partial charge in [0.2, 0.25) is 0 Å². The summed E-state index contributed by atoms with van der Waals surface area (Å²) >= 11 is 0. The second-order valence-corrected chi connectivity index (χ2v) is 6.30. The third-order valence-electron chi connectivity index (χ3n) is 4.55. The monoisotopic (exact) mass is 382 g/mol. The number of esters is 1. The minimum absolute atomic E-state index is 0.0139. The number of nitro benzene ring substituents is 1. The van der Waals surface area contributed by atoms with Gasteiger partial charge in [0.25, 0.3) is 11.6 Å². The van der Waals surface area contributed by atoms with E-state index in [-0.39, 0.29) is 16.8 Å². The number of carbonyl (C=O) groups excluding carboxylic acids is 2. The van der Waals surface area contributed by atoms with Crippen molar-refractivity contribution in [2.45, 2.75) is 13.0 Å². The molecule has 0 unspecified atom stereocenters. The van der Waals surface area contributed by atoms with Gasteiger partial charge in [0.1, 0.15) is 11.3 Å². The maximum absolute atomic E-state index is 12.9. The predicted octanol–water partition coefficient (Wildman–Crippen LogP) is 3.96. The molecule has 2 aromatic carbocycles. The van der Waals surface area contributed by atoms with Crippen molar-refractivity contribution >= 4 is 28.5 Å². The fourth-order valence-corrected chi connectivity index (χ4v) is 2.85. The smallest absolute Gasteiger partial charge is 0.338 e. The number of non-ortho nitro benzene ring substituents is 1. The fraction of sp³-hybridized carbons (Fsp3) is 0.200. The van der Waals surface area contributed by atoms with Crippen molar-refractivity contribution in [3.63, 3.8) is 0 Å². The lowest BCUT2D eigenvalue weighted by Gasteiger charge is -2.23. The third kappa shape index (κ3) is 3.57. The van der Waals surface area contributed by atoms with Gasteiger partial charge in [-0.1, -0.05) is 18.2 Å². The highest BCUT2D eigenvalue weighted by Crippen LogP contribution is 2.28. The summed E-state index contributed by atoms with van der Waals surface area (Å²) in [5.41, 5.74) is 0.287. The first-order valence-corrected chi connectivity index (χ1v) is 8.45. The fourth-order valence-electron chi connectivity index (χ4n) is 2.85. The molecule has 1 heterocycles. The van der Waals surface area contributed by atoms with Gasteiger partial charge in [-0.15, -0.1) is 0 Å². The van der Waals surface area contributed by atoms with Crippen LogP contribution >= 0.6 is 0 Å². The maximum Gasteiger partial charge on any atom is 0.338 e. The number of methoxy groups -OCH3 is 1. The Morgan fingerprint density at radius 3 is 2.46 bits per heavy atom. The van der Waals surface area contributed by atoms with Crippen LogP contribution < -0.4 is 0 Å².